The third kappa shape index (κ3) is 6.21. The molecular weight excluding hydrogens is 468 g/mol. The SMILES string of the molecule is CCC(Sc1cccc(NC(C)=O)c1)C(=O)Nc1sc2c(c1C(=O)OC)CCC(C(C)(C)C)C2. The van der Waals surface area contributed by atoms with Crippen LogP contribution in [0.15, 0.2) is 29.2 Å². The first-order valence-corrected chi connectivity index (χ1v) is 13.3. The molecule has 1 heterocycles. The van der Waals surface area contributed by atoms with Crippen molar-refractivity contribution in [2.24, 2.45) is 11.3 Å². The molecule has 1 aromatic carbocycles. The van der Waals surface area contributed by atoms with Crippen molar-refractivity contribution in [1.82, 2.24) is 0 Å². The molecule has 1 aliphatic carbocycles. The van der Waals surface area contributed by atoms with E-state index in [-0.39, 0.29) is 22.5 Å². The number of carbonyl (C=O) groups is 3. The second-order valence-electron chi connectivity index (χ2n) is 9.72. The van der Waals surface area contributed by atoms with Gasteiger partial charge < -0.3 is 15.4 Å². The van der Waals surface area contributed by atoms with E-state index in [1.54, 1.807) is 0 Å². The molecule has 0 saturated heterocycles. The van der Waals surface area contributed by atoms with Crippen LogP contribution in [0.2, 0.25) is 0 Å². The van der Waals surface area contributed by atoms with E-state index in [2.05, 4.69) is 31.4 Å². The highest BCUT2D eigenvalue weighted by atomic mass is 32.2. The number of thioether (sulfide) groups is 1. The first-order chi connectivity index (χ1) is 16.0. The number of amides is 2. The highest BCUT2D eigenvalue weighted by Gasteiger charge is 2.34. The Labute approximate surface area is 210 Å². The van der Waals surface area contributed by atoms with Crippen LogP contribution < -0.4 is 10.6 Å². The van der Waals surface area contributed by atoms with Crippen molar-refractivity contribution in [3.63, 3.8) is 0 Å². The molecule has 2 aromatic rings. The molecule has 0 saturated carbocycles. The number of anilines is 2. The fourth-order valence-electron chi connectivity index (χ4n) is 4.26. The topological polar surface area (TPSA) is 84.5 Å². The van der Waals surface area contributed by atoms with E-state index in [0.29, 0.717) is 28.6 Å². The van der Waals surface area contributed by atoms with E-state index >= 15 is 0 Å². The first kappa shape index (κ1) is 26.3. The van der Waals surface area contributed by atoms with Gasteiger partial charge in [0.1, 0.15) is 5.00 Å². The van der Waals surface area contributed by atoms with E-state index in [4.69, 9.17) is 4.74 Å². The fourth-order valence-corrected chi connectivity index (χ4v) is 6.59. The number of thiophene rings is 1. The number of benzene rings is 1. The number of rotatable bonds is 7. The molecular formula is C26H34N2O4S2. The Hall–Kier alpha value is -2.32. The molecule has 34 heavy (non-hydrogen) atoms. The van der Waals surface area contributed by atoms with Crippen molar-refractivity contribution in [2.45, 2.75) is 70.4 Å². The number of fused-ring (bicyclic) bond motifs is 1. The number of hydrogen-bond acceptors (Lipinski definition) is 6. The summed E-state index contributed by atoms with van der Waals surface area (Å²) in [5, 5.41) is 6.05. The zero-order chi connectivity index (χ0) is 25.0. The van der Waals surface area contributed by atoms with E-state index in [9.17, 15) is 14.4 Å². The molecule has 0 bridgehead atoms. The Bertz CT molecular complexity index is 1070. The third-order valence-electron chi connectivity index (χ3n) is 6.21. The Morgan fingerprint density at radius 3 is 2.59 bits per heavy atom. The summed E-state index contributed by atoms with van der Waals surface area (Å²) in [6.07, 6.45) is 3.36. The van der Waals surface area contributed by atoms with Gasteiger partial charge in [0.15, 0.2) is 0 Å². The smallest absolute Gasteiger partial charge is 0.341 e. The van der Waals surface area contributed by atoms with Gasteiger partial charge in [-0.25, -0.2) is 4.79 Å². The van der Waals surface area contributed by atoms with Gasteiger partial charge in [0.05, 0.1) is 17.9 Å². The number of hydrogen-bond donors (Lipinski definition) is 2. The van der Waals surface area contributed by atoms with Gasteiger partial charge in [0.25, 0.3) is 0 Å². The van der Waals surface area contributed by atoms with Crippen LogP contribution in [-0.4, -0.2) is 30.1 Å². The van der Waals surface area contributed by atoms with Crippen LogP contribution >= 0.6 is 23.1 Å². The lowest BCUT2D eigenvalue weighted by Gasteiger charge is -2.33. The van der Waals surface area contributed by atoms with Gasteiger partial charge in [-0.1, -0.05) is 33.8 Å². The van der Waals surface area contributed by atoms with E-state index in [1.165, 1.54) is 42.0 Å². The molecule has 8 heteroatoms. The molecule has 2 unspecified atom stereocenters. The van der Waals surface area contributed by atoms with Crippen LogP contribution in [0.1, 0.15) is 68.3 Å². The fraction of sp³-hybridized carbons (Fsp3) is 0.500. The number of methoxy groups -OCH3 is 1. The Balaban J connectivity index is 1.82. The van der Waals surface area contributed by atoms with Gasteiger partial charge in [-0.3, -0.25) is 9.59 Å². The van der Waals surface area contributed by atoms with Crippen LogP contribution in [0.4, 0.5) is 10.7 Å². The van der Waals surface area contributed by atoms with Gasteiger partial charge in [0.2, 0.25) is 11.8 Å². The van der Waals surface area contributed by atoms with Crippen molar-refractivity contribution in [2.75, 3.05) is 17.7 Å². The third-order valence-corrected chi connectivity index (χ3v) is 8.74. The lowest BCUT2D eigenvalue weighted by Crippen LogP contribution is -2.27. The molecule has 0 fully saturated rings. The molecule has 2 N–H and O–H groups in total. The predicted molar refractivity (Wildman–Crippen MR) is 140 cm³/mol. The second-order valence-corrected chi connectivity index (χ2v) is 12.1. The summed E-state index contributed by atoms with van der Waals surface area (Å²) in [5.74, 6) is -0.153. The van der Waals surface area contributed by atoms with Gasteiger partial charge >= 0.3 is 5.97 Å². The summed E-state index contributed by atoms with van der Waals surface area (Å²) in [4.78, 5) is 39.4. The predicted octanol–water partition coefficient (Wildman–Crippen LogP) is 6.15. The van der Waals surface area contributed by atoms with Crippen molar-refractivity contribution in [3.05, 3.63) is 40.3 Å². The minimum atomic E-state index is -0.397. The summed E-state index contributed by atoms with van der Waals surface area (Å²) in [7, 11) is 1.38. The quantitative estimate of drug-likeness (QED) is 0.350. The minimum absolute atomic E-state index is 0.141. The van der Waals surface area contributed by atoms with Gasteiger partial charge in [-0.05, 0) is 60.8 Å². The van der Waals surface area contributed by atoms with Gasteiger partial charge in [0, 0.05) is 22.4 Å². The largest absolute Gasteiger partial charge is 0.465 e. The van der Waals surface area contributed by atoms with Crippen LogP contribution in [0.5, 0.6) is 0 Å². The summed E-state index contributed by atoms with van der Waals surface area (Å²) < 4.78 is 5.08. The highest BCUT2D eigenvalue weighted by molar-refractivity contribution is 8.00. The maximum atomic E-state index is 13.3. The van der Waals surface area contributed by atoms with Crippen LogP contribution in [0, 0.1) is 11.3 Å². The van der Waals surface area contributed by atoms with E-state index in [0.717, 1.165) is 29.7 Å². The summed E-state index contributed by atoms with van der Waals surface area (Å²) in [5.41, 5.74) is 2.42. The highest BCUT2D eigenvalue weighted by Crippen LogP contribution is 2.44. The number of carbonyl (C=O) groups excluding carboxylic acids is 3. The average molecular weight is 503 g/mol. The number of nitrogens with one attached hydrogen (secondary N) is 2. The molecule has 0 spiro atoms. The minimum Gasteiger partial charge on any atom is -0.465 e. The zero-order valence-electron chi connectivity index (χ0n) is 20.7. The van der Waals surface area contributed by atoms with Crippen LogP contribution in [0.3, 0.4) is 0 Å². The Kier molecular flexibility index (Phi) is 8.47. The first-order valence-electron chi connectivity index (χ1n) is 11.6. The summed E-state index contributed by atoms with van der Waals surface area (Å²) in [6.45, 7) is 10.2. The monoisotopic (exact) mass is 502 g/mol. The molecule has 6 nitrogen and oxygen atoms in total. The standard InChI is InChI=1S/C26H34N2O4S2/c1-7-20(33-18-10-8-9-17(14-18)27-15(2)29)23(30)28-24-22(25(31)32-6)19-12-11-16(26(3,4)5)13-21(19)34-24/h8-10,14,16,20H,7,11-13H2,1-6H3,(H,27,29)(H,28,30). The normalized spacial score (nSPS) is 16.4. The van der Waals surface area contributed by atoms with Crippen molar-refractivity contribution in [1.29, 1.82) is 0 Å². The average Bonchev–Trinajstić information content (AvgIpc) is 3.13. The summed E-state index contributed by atoms with van der Waals surface area (Å²) >= 11 is 2.95. The maximum Gasteiger partial charge on any atom is 0.341 e. The van der Waals surface area contributed by atoms with Crippen LogP contribution in [-0.2, 0) is 27.2 Å². The van der Waals surface area contributed by atoms with E-state index in [1.807, 2.05) is 31.2 Å². The van der Waals surface area contributed by atoms with Gasteiger partial charge in [-0.15, -0.1) is 23.1 Å². The van der Waals surface area contributed by atoms with E-state index < -0.39 is 5.97 Å². The van der Waals surface area contributed by atoms with Gasteiger partial charge in [-0.2, -0.15) is 0 Å². The Morgan fingerprint density at radius 2 is 1.97 bits per heavy atom. The molecule has 0 radical (unpaired) electrons. The van der Waals surface area contributed by atoms with Crippen molar-refractivity contribution < 1.29 is 19.1 Å². The van der Waals surface area contributed by atoms with Crippen LogP contribution in [0.25, 0.3) is 0 Å². The number of ether oxygens (including phenoxy) is 1. The lowest BCUT2D eigenvalue weighted by atomic mass is 9.72. The lowest BCUT2D eigenvalue weighted by molar-refractivity contribution is -0.116. The number of esters is 1. The zero-order valence-corrected chi connectivity index (χ0v) is 22.4. The molecule has 1 aromatic heterocycles. The molecule has 184 valence electrons. The Morgan fingerprint density at radius 1 is 1.24 bits per heavy atom. The molecule has 0 aliphatic heterocycles. The maximum absolute atomic E-state index is 13.3. The molecule has 1 aliphatic rings. The second kappa shape index (κ2) is 11.0. The molecule has 2 amide bonds. The molecule has 2 atom stereocenters. The summed E-state index contributed by atoms with van der Waals surface area (Å²) in [6, 6.07) is 7.45. The van der Waals surface area contributed by atoms with Crippen molar-refractivity contribution >= 4 is 51.6 Å². The molecule has 3 rings (SSSR count). The van der Waals surface area contributed by atoms with Crippen molar-refractivity contribution in [3.8, 4) is 0 Å².